The van der Waals surface area contributed by atoms with Gasteiger partial charge in [-0.2, -0.15) is 10.5 Å². The van der Waals surface area contributed by atoms with Crippen molar-refractivity contribution in [3.63, 3.8) is 0 Å². The molecule has 0 aliphatic carbocycles. The van der Waals surface area contributed by atoms with Crippen molar-refractivity contribution < 1.29 is 9.18 Å². The molecule has 0 fully saturated rings. The molecule has 0 unspecified atom stereocenters. The van der Waals surface area contributed by atoms with Gasteiger partial charge in [0.05, 0.1) is 17.3 Å². The van der Waals surface area contributed by atoms with Crippen molar-refractivity contribution in [1.29, 1.82) is 10.5 Å². The summed E-state index contributed by atoms with van der Waals surface area (Å²) in [6.07, 6.45) is 0. The maximum Gasteiger partial charge on any atom is 0.271 e. The van der Waals surface area contributed by atoms with Crippen molar-refractivity contribution in [3.05, 3.63) is 64.7 Å². The zero-order valence-corrected chi connectivity index (χ0v) is 11.7. The first-order valence-electron chi connectivity index (χ1n) is 6.39. The van der Waals surface area contributed by atoms with E-state index in [1.165, 1.54) is 30.3 Å². The molecule has 1 N–H and O–H groups in total. The van der Waals surface area contributed by atoms with Crippen LogP contribution < -0.4 is 5.32 Å². The molecule has 1 aromatic carbocycles. The predicted molar refractivity (Wildman–Crippen MR) is 75.9 cm³/mol. The van der Waals surface area contributed by atoms with Gasteiger partial charge in [0, 0.05) is 5.56 Å². The molecule has 5 nitrogen and oxygen atoms in total. The Bertz CT molecular complexity index is 805. The Kier molecular flexibility index (Phi) is 4.45. The first-order valence-corrected chi connectivity index (χ1v) is 6.39. The summed E-state index contributed by atoms with van der Waals surface area (Å²) in [4.78, 5) is 16.1. The number of amides is 1. The van der Waals surface area contributed by atoms with Crippen LogP contribution >= 0.6 is 0 Å². The van der Waals surface area contributed by atoms with Crippen molar-refractivity contribution >= 4 is 5.91 Å². The molecule has 0 radical (unpaired) electrons. The van der Waals surface area contributed by atoms with E-state index in [2.05, 4.69) is 10.3 Å². The molecular formula is C16H11FN4O. The maximum atomic E-state index is 13.7. The van der Waals surface area contributed by atoms with Crippen molar-refractivity contribution in [2.45, 2.75) is 13.0 Å². The van der Waals surface area contributed by atoms with Crippen molar-refractivity contribution in [3.8, 4) is 12.1 Å². The van der Waals surface area contributed by atoms with Crippen molar-refractivity contribution in [2.75, 3.05) is 0 Å². The van der Waals surface area contributed by atoms with Gasteiger partial charge in [-0.15, -0.1) is 0 Å². The number of aromatic nitrogens is 1. The summed E-state index contributed by atoms with van der Waals surface area (Å²) in [5, 5.41) is 20.4. The minimum atomic E-state index is -1.12. The summed E-state index contributed by atoms with van der Waals surface area (Å²) in [6, 6.07) is 11.3. The Labute approximate surface area is 126 Å². The Morgan fingerprint density at radius 3 is 2.59 bits per heavy atom. The third kappa shape index (κ3) is 3.08. The summed E-state index contributed by atoms with van der Waals surface area (Å²) in [5.74, 6) is -1.18. The lowest BCUT2D eigenvalue weighted by molar-refractivity contribution is 0.0939. The molecule has 108 valence electrons. The van der Waals surface area contributed by atoms with Gasteiger partial charge in [-0.1, -0.05) is 18.2 Å². The normalized spacial score (nSPS) is 11.1. The second kappa shape index (κ2) is 6.47. The van der Waals surface area contributed by atoms with Gasteiger partial charge < -0.3 is 5.32 Å². The topological polar surface area (TPSA) is 89.6 Å². The Morgan fingerprint density at radius 2 is 2.00 bits per heavy atom. The second-order valence-corrected chi connectivity index (χ2v) is 4.50. The molecule has 2 rings (SSSR count). The van der Waals surface area contributed by atoms with Crippen LogP contribution in [0.3, 0.4) is 0 Å². The fraction of sp³-hybridized carbons (Fsp3) is 0.125. The van der Waals surface area contributed by atoms with Crippen LogP contribution in [0.15, 0.2) is 36.4 Å². The average molecular weight is 294 g/mol. The van der Waals surface area contributed by atoms with E-state index in [0.717, 1.165) is 0 Å². The number of pyridine rings is 1. The lowest BCUT2D eigenvalue weighted by atomic mass is 10.1. The van der Waals surface area contributed by atoms with Gasteiger partial charge in [0.15, 0.2) is 0 Å². The minimum Gasteiger partial charge on any atom is -0.331 e. The standard InChI is InChI=1S/C16H11FN4O/c1-10-11(8-18)6-7-14(20-10)16(22)21-15(9-19)12-4-2-3-5-13(12)17/h2-7,15H,1H3,(H,21,22)/t15-/m1/s1. The number of nitrogens with one attached hydrogen (secondary N) is 1. The average Bonchev–Trinajstić information content (AvgIpc) is 2.53. The van der Waals surface area contributed by atoms with Gasteiger partial charge in [0.25, 0.3) is 5.91 Å². The van der Waals surface area contributed by atoms with Gasteiger partial charge in [-0.3, -0.25) is 4.79 Å². The summed E-state index contributed by atoms with van der Waals surface area (Å²) in [6.45, 7) is 1.61. The fourth-order valence-corrected chi connectivity index (χ4v) is 1.90. The number of nitriles is 2. The van der Waals surface area contributed by atoms with Crippen LogP contribution in [0.4, 0.5) is 4.39 Å². The van der Waals surface area contributed by atoms with E-state index in [9.17, 15) is 9.18 Å². The Morgan fingerprint density at radius 1 is 1.27 bits per heavy atom. The van der Waals surface area contributed by atoms with Crippen LogP contribution in [0.1, 0.15) is 33.4 Å². The van der Waals surface area contributed by atoms with E-state index >= 15 is 0 Å². The lowest BCUT2D eigenvalue weighted by Gasteiger charge is -2.12. The number of aryl methyl sites for hydroxylation is 1. The number of carbonyl (C=O) groups excluding carboxylic acids is 1. The first kappa shape index (κ1) is 15.1. The number of rotatable bonds is 3. The van der Waals surface area contributed by atoms with Crippen molar-refractivity contribution in [1.82, 2.24) is 10.3 Å². The van der Waals surface area contributed by atoms with Crippen LogP contribution in [0.2, 0.25) is 0 Å². The third-order valence-electron chi connectivity index (χ3n) is 3.06. The molecule has 0 aliphatic heterocycles. The SMILES string of the molecule is Cc1nc(C(=O)N[C@H](C#N)c2ccccc2F)ccc1C#N. The molecular weight excluding hydrogens is 283 g/mol. The Balaban J connectivity index is 2.24. The fourth-order valence-electron chi connectivity index (χ4n) is 1.90. The van der Waals surface area contributed by atoms with Gasteiger partial charge in [-0.25, -0.2) is 9.37 Å². The number of benzene rings is 1. The summed E-state index contributed by atoms with van der Waals surface area (Å²) in [5.41, 5.74) is 0.925. The molecule has 0 saturated heterocycles. The van der Waals surface area contributed by atoms with Crippen LogP contribution in [-0.4, -0.2) is 10.9 Å². The van der Waals surface area contributed by atoms with E-state index in [1.807, 2.05) is 12.1 Å². The van der Waals surface area contributed by atoms with E-state index in [4.69, 9.17) is 10.5 Å². The summed E-state index contributed by atoms with van der Waals surface area (Å²) in [7, 11) is 0. The summed E-state index contributed by atoms with van der Waals surface area (Å²) >= 11 is 0. The molecule has 2 aromatic rings. The monoisotopic (exact) mass is 294 g/mol. The number of nitrogens with zero attached hydrogens (tertiary/aromatic N) is 3. The number of halogens is 1. The second-order valence-electron chi connectivity index (χ2n) is 4.50. The Hall–Kier alpha value is -3.25. The number of hydrogen-bond acceptors (Lipinski definition) is 4. The lowest BCUT2D eigenvalue weighted by Crippen LogP contribution is -2.29. The van der Waals surface area contributed by atoms with Gasteiger partial charge in [0.1, 0.15) is 23.6 Å². The molecule has 1 atom stereocenters. The van der Waals surface area contributed by atoms with E-state index in [-0.39, 0.29) is 11.3 Å². The van der Waals surface area contributed by atoms with Crippen molar-refractivity contribution in [2.24, 2.45) is 0 Å². The molecule has 0 bridgehead atoms. The van der Waals surface area contributed by atoms with Gasteiger partial charge >= 0.3 is 0 Å². The molecule has 6 heteroatoms. The van der Waals surface area contributed by atoms with Gasteiger partial charge in [0.2, 0.25) is 0 Å². The van der Waals surface area contributed by atoms with E-state index < -0.39 is 17.8 Å². The molecule has 22 heavy (non-hydrogen) atoms. The highest BCUT2D eigenvalue weighted by Crippen LogP contribution is 2.16. The van der Waals surface area contributed by atoms with E-state index in [1.54, 1.807) is 13.0 Å². The smallest absolute Gasteiger partial charge is 0.271 e. The zero-order valence-electron chi connectivity index (χ0n) is 11.7. The first-order chi connectivity index (χ1) is 10.6. The third-order valence-corrected chi connectivity index (χ3v) is 3.06. The summed E-state index contributed by atoms with van der Waals surface area (Å²) < 4.78 is 13.7. The predicted octanol–water partition coefficient (Wildman–Crippen LogP) is 2.40. The minimum absolute atomic E-state index is 0.0630. The molecule has 0 saturated carbocycles. The van der Waals surface area contributed by atoms with Crippen LogP contribution in [-0.2, 0) is 0 Å². The molecule has 0 aliphatic rings. The quantitative estimate of drug-likeness (QED) is 0.941. The van der Waals surface area contributed by atoms with Crippen LogP contribution in [0.25, 0.3) is 0 Å². The molecule has 1 heterocycles. The molecule has 1 amide bonds. The van der Waals surface area contributed by atoms with Crippen LogP contribution in [0, 0.1) is 35.4 Å². The largest absolute Gasteiger partial charge is 0.331 e. The van der Waals surface area contributed by atoms with Gasteiger partial charge in [-0.05, 0) is 25.1 Å². The zero-order chi connectivity index (χ0) is 16.1. The maximum absolute atomic E-state index is 13.7. The molecule has 0 spiro atoms. The highest BCUT2D eigenvalue weighted by atomic mass is 19.1. The number of carbonyl (C=O) groups is 1. The van der Waals surface area contributed by atoms with E-state index in [0.29, 0.717) is 11.3 Å². The molecule has 1 aromatic heterocycles. The highest BCUT2D eigenvalue weighted by molar-refractivity contribution is 5.92. The van der Waals surface area contributed by atoms with Crippen LogP contribution in [0.5, 0.6) is 0 Å². The number of hydrogen-bond donors (Lipinski definition) is 1. The highest BCUT2D eigenvalue weighted by Gasteiger charge is 2.19.